The Balaban J connectivity index is 2.90. The monoisotopic (exact) mass is 270 g/mol. The van der Waals surface area contributed by atoms with Crippen molar-refractivity contribution in [1.29, 1.82) is 0 Å². The number of hydrogen-bond acceptors (Lipinski definition) is 2. The number of nitrogens with two attached hydrogens (primary N) is 1. The summed E-state index contributed by atoms with van der Waals surface area (Å²) in [5.74, 6) is 0.490. The first-order valence-electron chi connectivity index (χ1n) is 5.35. The largest absolute Gasteiger partial charge is 0.330 e. The van der Waals surface area contributed by atoms with Crippen molar-refractivity contribution in [2.75, 3.05) is 13.6 Å². The normalized spacial score (nSPS) is 14.9. The number of halogens is 1. The van der Waals surface area contributed by atoms with Gasteiger partial charge in [-0.1, -0.05) is 41.4 Å². The summed E-state index contributed by atoms with van der Waals surface area (Å²) in [6.07, 6.45) is 1.09. The third kappa shape index (κ3) is 3.30. The van der Waals surface area contributed by atoms with Crippen molar-refractivity contribution in [3.63, 3.8) is 0 Å². The molecule has 0 radical (unpaired) electrons. The van der Waals surface area contributed by atoms with E-state index in [-0.39, 0.29) is 0 Å². The van der Waals surface area contributed by atoms with Crippen molar-refractivity contribution in [1.82, 2.24) is 5.32 Å². The lowest BCUT2D eigenvalue weighted by molar-refractivity contribution is 0.378. The van der Waals surface area contributed by atoms with E-state index in [1.807, 2.05) is 13.1 Å². The lowest BCUT2D eigenvalue weighted by Crippen LogP contribution is -2.30. The zero-order valence-electron chi connectivity index (χ0n) is 9.33. The van der Waals surface area contributed by atoms with E-state index in [1.165, 1.54) is 5.56 Å². The summed E-state index contributed by atoms with van der Waals surface area (Å²) in [5.41, 5.74) is 7.08. The van der Waals surface area contributed by atoms with Crippen molar-refractivity contribution in [2.24, 2.45) is 11.7 Å². The highest BCUT2D eigenvalue weighted by molar-refractivity contribution is 9.10. The third-order valence-electron chi connectivity index (χ3n) is 2.82. The van der Waals surface area contributed by atoms with Crippen LogP contribution in [0, 0.1) is 5.92 Å². The van der Waals surface area contributed by atoms with E-state index in [2.05, 4.69) is 46.4 Å². The maximum Gasteiger partial charge on any atom is 0.0358 e. The molecule has 0 aliphatic heterocycles. The molecule has 0 amide bonds. The quantitative estimate of drug-likeness (QED) is 0.864. The van der Waals surface area contributed by atoms with Crippen LogP contribution in [0.1, 0.15) is 24.9 Å². The lowest BCUT2D eigenvalue weighted by atomic mass is 9.91. The molecule has 2 unspecified atom stereocenters. The molecule has 84 valence electrons. The fraction of sp³-hybridized carbons (Fsp3) is 0.500. The highest BCUT2D eigenvalue weighted by Crippen LogP contribution is 2.25. The minimum absolute atomic E-state index is 0.345. The molecule has 1 aromatic rings. The van der Waals surface area contributed by atoms with Gasteiger partial charge in [-0.3, -0.25) is 0 Å². The molecule has 0 saturated heterocycles. The van der Waals surface area contributed by atoms with Crippen LogP contribution in [-0.2, 0) is 0 Å². The van der Waals surface area contributed by atoms with Crippen LogP contribution in [-0.4, -0.2) is 13.6 Å². The molecule has 0 heterocycles. The first-order chi connectivity index (χ1) is 7.22. The van der Waals surface area contributed by atoms with Crippen LogP contribution in [0.2, 0.25) is 0 Å². The van der Waals surface area contributed by atoms with E-state index in [4.69, 9.17) is 5.73 Å². The molecule has 2 nitrogen and oxygen atoms in total. The summed E-state index contributed by atoms with van der Waals surface area (Å²) in [7, 11) is 1.99. The predicted molar refractivity (Wildman–Crippen MR) is 68.8 cm³/mol. The molecule has 0 aliphatic carbocycles. The van der Waals surface area contributed by atoms with Crippen LogP contribution in [0.25, 0.3) is 0 Å². The first-order valence-corrected chi connectivity index (χ1v) is 6.15. The van der Waals surface area contributed by atoms with Crippen LogP contribution in [0.5, 0.6) is 0 Å². The minimum Gasteiger partial charge on any atom is -0.330 e. The molecule has 0 spiro atoms. The molecule has 3 heteroatoms. The fourth-order valence-corrected chi connectivity index (χ4v) is 2.33. The second-order valence-electron chi connectivity index (χ2n) is 3.73. The Bertz CT molecular complexity index is 297. The molecule has 1 aromatic carbocycles. The standard InChI is InChI=1S/C12H19BrN2/c1-3-9(8-14)12(15-2)10-5-4-6-11(13)7-10/h4-7,9,12,15H,3,8,14H2,1-2H3. The summed E-state index contributed by atoms with van der Waals surface area (Å²) < 4.78 is 1.12. The van der Waals surface area contributed by atoms with Gasteiger partial charge in [0.05, 0.1) is 0 Å². The molecule has 0 aliphatic rings. The molecule has 2 atom stereocenters. The molecule has 15 heavy (non-hydrogen) atoms. The van der Waals surface area contributed by atoms with Gasteiger partial charge in [-0.2, -0.15) is 0 Å². The molecule has 3 N–H and O–H groups in total. The molecule has 0 fully saturated rings. The lowest BCUT2D eigenvalue weighted by Gasteiger charge is -2.25. The Hall–Kier alpha value is -0.380. The summed E-state index contributed by atoms with van der Waals surface area (Å²) in [4.78, 5) is 0. The number of hydrogen-bond donors (Lipinski definition) is 2. The van der Waals surface area contributed by atoms with Crippen LogP contribution < -0.4 is 11.1 Å². The Morgan fingerprint density at radius 2 is 2.20 bits per heavy atom. The highest BCUT2D eigenvalue weighted by Gasteiger charge is 2.18. The third-order valence-corrected chi connectivity index (χ3v) is 3.31. The summed E-state index contributed by atoms with van der Waals surface area (Å²) >= 11 is 3.49. The molecule has 0 bridgehead atoms. The predicted octanol–water partition coefficient (Wildman–Crippen LogP) is 2.69. The Morgan fingerprint density at radius 1 is 1.47 bits per heavy atom. The van der Waals surface area contributed by atoms with E-state index in [0.717, 1.165) is 10.9 Å². The van der Waals surface area contributed by atoms with Gasteiger partial charge in [0.2, 0.25) is 0 Å². The van der Waals surface area contributed by atoms with Gasteiger partial charge in [0.1, 0.15) is 0 Å². The van der Waals surface area contributed by atoms with E-state index in [9.17, 15) is 0 Å². The number of nitrogens with one attached hydrogen (secondary N) is 1. The highest BCUT2D eigenvalue weighted by atomic mass is 79.9. The van der Waals surface area contributed by atoms with Crippen molar-refractivity contribution in [3.8, 4) is 0 Å². The van der Waals surface area contributed by atoms with Gasteiger partial charge in [0, 0.05) is 10.5 Å². The Morgan fingerprint density at radius 3 is 2.67 bits per heavy atom. The van der Waals surface area contributed by atoms with Crippen LogP contribution in [0.3, 0.4) is 0 Å². The molecule has 1 rings (SSSR count). The average Bonchev–Trinajstić information content (AvgIpc) is 2.25. The zero-order chi connectivity index (χ0) is 11.3. The SMILES string of the molecule is CCC(CN)C(NC)c1cccc(Br)c1. The van der Waals surface area contributed by atoms with E-state index >= 15 is 0 Å². The van der Waals surface area contributed by atoms with Gasteiger partial charge in [0.25, 0.3) is 0 Å². The maximum absolute atomic E-state index is 5.78. The van der Waals surface area contributed by atoms with Crippen LogP contribution in [0.15, 0.2) is 28.7 Å². The Labute approximate surface area is 100 Å². The molecular formula is C12H19BrN2. The van der Waals surface area contributed by atoms with Crippen molar-refractivity contribution >= 4 is 15.9 Å². The van der Waals surface area contributed by atoms with Gasteiger partial charge < -0.3 is 11.1 Å². The van der Waals surface area contributed by atoms with E-state index < -0.39 is 0 Å². The van der Waals surface area contributed by atoms with Crippen molar-refractivity contribution < 1.29 is 0 Å². The summed E-state index contributed by atoms with van der Waals surface area (Å²) in [6.45, 7) is 2.90. The summed E-state index contributed by atoms with van der Waals surface area (Å²) in [5, 5.41) is 3.35. The first kappa shape index (κ1) is 12.7. The van der Waals surface area contributed by atoms with E-state index in [0.29, 0.717) is 18.5 Å². The maximum atomic E-state index is 5.78. The van der Waals surface area contributed by atoms with Crippen LogP contribution in [0.4, 0.5) is 0 Å². The van der Waals surface area contributed by atoms with Gasteiger partial charge in [-0.05, 0) is 37.2 Å². The fourth-order valence-electron chi connectivity index (χ4n) is 1.91. The number of benzene rings is 1. The minimum atomic E-state index is 0.345. The second kappa shape index (κ2) is 6.26. The number of rotatable bonds is 5. The van der Waals surface area contributed by atoms with E-state index in [1.54, 1.807) is 0 Å². The molecule has 0 aromatic heterocycles. The zero-order valence-corrected chi connectivity index (χ0v) is 10.9. The topological polar surface area (TPSA) is 38.0 Å². The van der Waals surface area contributed by atoms with Gasteiger partial charge >= 0.3 is 0 Å². The molecule has 0 saturated carbocycles. The average molecular weight is 271 g/mol. The van der Waals surface area contributed by atoms with Gasteiger partial charge in [-0.25, -0.2) is 0 Å². The second-order valence-corrected chi connectivity index (χ2v) is 4.64. The Kier molecular flexibility index (Phi) is 5.29. The van der Waals surface area contributed by atoms with Crippen LogP contribution >= 0.6 is 15.9 Å². The van der Waals surface area contributed by atoms with Crippen molar-refractivity contribution in [2.45, 2.75) is 19.4 Å². The van der Waals surface area contributed by atoms with Crippen molar-refractivity contribution in [3.05, 3.63) is 34.3 Å². The molecular weight excluding hydrogens is 252 g/mol. The van der Waals surface area contributed by atoms with Gasteiger partial charge in [-0.15, -0.1) is 0 Å². The van der Waals surface area contributed by atoms with Gasteiger partial charge in [0.15, 0.2) is 0 Å². The smallest absolute Gasteiger partial charge is 0.0358 e. The summed E-state index contributed by atoms with van der Waals surface area (Å²) in [6, 6.07) is 8.74.